The monoisotopic (exact) mass is 677 g/mol. The lowest BCUT2D eigenvalue weighted by Gasteiger charge is -2.48. The van der Waals surface area contributed by atoms with E-state index < -0.39 is 97.6 Å². The standard InChI is InChI=1S/C32H55NO14/c1-5-18-12-19(30(41)42-4)13-21(27(18)47-32-26(38)25(37)24(36)15(2)44-32)46-31-23(33-16(3)34)28(20(35)14-43-31)45-22(29(39)40)11-17-9-7-6-8-10-17/h15,17-29,31-32,35-40H,5-14H2,1-4H3,(H,33,34)/t15-,18?,19?,20-,21+,22-,23?,24?,25?,26-,27?,28?,31-,32?/m0/s1. The van der Waals surface area contributed by atoms with Gasteiger partial charge in [0, 0.05) is 6.92 Å². The SMILES string of the molecule is CCC1CC(C(=O)OC)C[C@@H](O[C@@H]2OC[C@H](O)C(O[C@@H](CC3CCCCC3)C(O)O)C2NC(C)=O)C1OC1O[C@@H](C)C(O)C(O)[C@@H]1O. The number of carbonyl (C=O) groups excluding carboxylic acids is 2. The first kappa shape index (κ1) is 38.3. The van der Waals surface area contributed by atoms with Gasteiger partial charge < -0.3 is 64.4 Å². The molecule has 15 heteroatoms. The van der Waals surface area contributed by atoms with E-state index in [0.29, 0.717) is 19.3 Å². The van der Waals surface area contributed by atoms with Crippen molar-refractivity contribution in [1.29, 1.82) is 0 Å². The second kappa shape index (κ2) is 17.4. The number of hydrogen-bond donors (Lipinski definition) is 7. The van der Waals surface area contributed by atoms with Crippen LogP contribution in [0.25, 0.3) is 0 Å². The molecule has 4 rings (SSSR count). The van der Waals surface area contributed by atoms with Gasteiger partial charge in [0.15, 0.2) is 18.9 Å². The summed E-state index contributed by atoms with van der Waals surface area (Å²) in [5.74, 6) is -1.58. The summed E-state index contributed by atoms with van der Waals surface area (Å²) in [6.07, 6.45) is -8.34. The van der Waals surface area contributed by atoms with E-state index >= 15 is 0 Å². The van der Waals surface area contributed by atoms with Crippen LogP contribution in [0.15, 0.2) is 0 Å². The van der Waals surface area contributed by atoms with E-state index in [0.717, 1.165) is 32.1 Å². The molecule has 14 atom stereocenters. The average molecular weight is 678 g/mol. The third-order valence-corrected chi connectivity index (χ3v) is 10.2. The lowest BCUT2D eigenvalue weighted by atomic mass is 9.76. The number of hydrogen-bond acceptors (Lipinski definition) is 14. The van der Waals surface area contributed by atoms with Crippen LogP contribution in [-0.2, 0) is 38.0 Å². The second-order valence-corrected chi connectivity index (χ2v) is 13.6. The zero-order valence-corrected chi connectivity index (χ0v) is 27.8. The third kappa shape index (κ3) is 9.60. The number of esters is 1. The van der Waals surface area contributed by atoms with Crippen molar-refractivity contribution < 1.29 is 68.6 Å². The van der Waals surface area contributed by atoms with E-state index in [2.05, 4.69) is 5.32 Å². The molecule has 0 bridgehead atoms. The maximum atomic E-state index is 12.8. The van der Waals surface area contributed by atoms with Crippen LogP contribution in [0.3, 0.4) is 0 Å². The van der Waals surface area contributed by atoms with Crippen LogP contribution >= 0.6 is 0 Å². The molecule has 0 radical (unpaired) electrons. The summed E-state index contributed by atoms with van der Waals surface area (Å²) in [6.45, 7) is 4.47. The first-order chi connectivity index (χ1) is 22.3. The minimum absolute atomic E-state index is 0.109. The lowest BCUT2D eigenvalue weighted by Crippen LogP contribution is -2.64. The molecular weight excluding hydrogens is 622 g/mol. The molecule has 4 fully saturated rings. The number of ether oxygens (including phenoxy) is 6. The molecule has 1 amide bonds. The fourth-order valence-electron chi connectivity index (χ4n) is 7.53. The van der Waals surface area contributed by atoms with Gasteiger partial charge in [-0.05, 0) is 38.0 Å². The van der Waals surface area contributed by atoms with Crippen molar-refractivity contribution in [3.63, 3.8) is 0 Å². The number of aliphatic hydroxyl groups is 6. The Hall–Kier alpha value is -1.50. The Kier molecular flexibility index (Phi) is 14.2. The number of aliphatic hydroxyl groups excluding tert-OH is 5. The average Bonchev–Trinajstić information content (AvgIpc) is 3.05. The molecule has 272 valence electrons. The smallest absolute Gasteiger partial charge is 0.308 e. The summed E-state index contributed by atoms with van der Waals surface area (Å²) in [5.41, 5.74) is 0. The maximum Gasteiger partial charge on any atom is 0.308 e. The Morgan fingerprint density at radius 3 is 2.26 bits per heavy atom. The Balaban J connectivity index is 1.59. The molecule has 2 saturated heterocycles. The number of amides is 1. The predicted molar refractivity (Wildman–Crippen MR) is 162 cm³/mol. The van der Waals surface area contributed by atoms with Crippen LogP contribution < -0.4 is 5.32 Å². The van der Waals surface area contributed by atoms with Crippen molar-refractivity contribution in [2.24, 2.45) is 17.8 Å². The molecule has 2 heterocycles. The van der Waals surface area contributed by atoms with Crippen LogP contribution in [0, 0.1) is 17.8 Å². The van der Waals surface area contributed by atoms with Crippen molar-refractivity contribution in [2.75, 3.05) is 13.7 Å². The Morgan fingerprint density at radius 1 is 0.936 bits per heavy atom. The largest absolute Gasteiger partial charge is 0.469 e. The highest BCUT2D eigenvalue weighted by Crippen LogP contribution is 2.39. The summed E-state index contributed by atoms with van der Waals surface area (Å²) in [5, 5.41) is 65.6. The first-order valence-corrected chi connectivity index (χ1v) is 17.0. The summed E-state index contributed by atoms with van der Waals surface area (Å²) in [7, 11) is 1.29. The Bertz CT molecular complexity index is 997. The highest BCUT2D eigenvalue weighted by Gasteiger charge is 2.51. The highest BCUT2D eigenvalue weighted by molar-refractivity contribution is 5.73. The van der Waals surface area contributed by atoms with Crippen molar-refractivity contribution >= 4 is 11.9 Å². The minimum atomic E-state index is -1.83. The topological polar surface area (TPSA) is 223 Å². The minimum Gasteiger partial charge on any atom is -0.469 e. The quantitative estimate of drug-likeness (QED) is 0.102. The number of methoxy groups -OCH3 is 1. The zero-order chi connectivity index (χ0) is 34.4. The molecule has 4 aliphatic rings. The highest BCUT2D eigenvalue weighted by atomic mass is 16.7. The summed E-state index contributed by atoms with van der Waals surface area (Å²) in [4.78, 5) is 25.2. The van der Waals surface area contributed by atoms with Crippen LogP contribution in [-0.4, -0.2) is 136 Å². The van der Waals surface area contributed by atoms with E-state index in [1.54, 1.807) is 6.92 Å². The number of nitrogens with one attached hydrogen (secondary N) is 1. The molecule has 0 spiro atoms. The van der Waals surface area contributed by atoms with Gasteiger partial charge in [0.1, 0.15) is 42.7 Å². The first-order valence-electron chi connectivity index (χ1n) is 17.0. The normalized spacial score (nSPS) is 41.0. The van der Waals surface area contributed by atoms with E-state index in [9.17, 15) is 40.2 Å². The van der Waals surface area contributed by atoms with Gasteiger partial charge in [0.05, 0.1) is 37.9 Å². The van der Waals surface area contributed by atoms with E-state index in [-0.39, 0.29) is 24.9 Å². The van der Waals surface area contributed by atoms with Crippen LogP contribution in [0.2, 0.25) is 0 Å². The molecule has 2 saturated carbocycles. The molecule has 7 N–H and O–H groups in total. The molecule has 8 unspecified atom stereocenters. The lowest BCUT2D eigenvalue weighted by molar-refractivity contribution is -0.333. The molecule has 0 aromatic carbocycles. The molecule has 0 aromatic heterocycles. The van der Waals surface area contributed by atoms with Crippen molar-refractivity contribution in [1.82, 2.24) is 5.32 Å². The molecule has 15 nitrogen and oxygen atoms in total. The van der Waals surface area contributed by atoms with Crippen LogP contribution in [0.5, 0.6) is 0 Å². The molecule has 47 heavy (non-hydrogen) atoms. The fourth-order valence-corrected chi connectivity index (χ4v) is 7.53. The fraction of sp³-hybridized carbons (Fsp3) is 0.938. The van der Waals surface area contributed by atoms with E-state index in [1.807, 2.05) is 6.92 Å². The Morgan fingerprint density at radius 2 is 1.64 bits per heavy atom. The van der Waals surface area contributed by atoms with Crippen LogP contribution in [0.1, 0.15) is 78.6 Å². The van der Waals surface area contributed by atoms with Crippen molar-refractivity contribution in [3.05, 3.63) is 0 Å². The predicted octanol–water partition coefficient (Wildman–Crippen LogP) is -0.550. The van der Waals surface area contributed by atoms with Gasteiger partial charge in [-0.2, -0.15) is 0 Å². The van der Waals surface area contributed by atoms with Gasteiger partial charge in [-0.1, -0.05) is 45.4 Å². The van der Waals surface area contributed by atoms with Gasteiger partial charge in [-0.15, -0.1) is 0 Å². The van der Waals surface area contributed by atoms with Gasteiger partial charge in [0.25, 0.3) is 0 Å². The molecule has 2 aliphatic carbocycles. The second-order valence-electron chi connectivity index (χ2n) is 13.6. The molecule has 0 aromatic rings. The van der Waals surface area contributed by atoms with Crippen LogP contribution in [0.4, 0.5) is 0 Å². The Labute approximate surface area is 275 Å². The number of carbonyl (C=O) groups is 2. The summed E-state index contributed by atoms with van der Waals surface area (Å²) < 4.78 is 35.7. The van der Waals surface area contributed by atoms with Crippen molar-refractivity contribution in [3.8, 4) is 0 Å². The van der Waals surface area contributed by atoms with Gasteiger partial charge in [-0.3, -0.25) is 9.59 Å². The maximum absolute atomic E-state index is 12.8. The summed E-state index contributed by atoms with van der Waals surface area (Å²) in [6, 6.07) is -1.10. The molecular formula is C32H55NO14. The summed E-state index contributed by atoms with van der Waals surface area (Å²) >= 11 is 0. The third-order valence-electron chi connectivity index (χ3n) is 10.2. The van der Waals surface area contributed by atoms with Crippen molar-refractivity contribution in [2.45, 2.75) is 158 Å². The van der Waals surface area contributed by atoms with E-state index in [4.69, 9.17) is 28.4 Å². The van der Waals surface area contributed by atoms with Gasteiger partial charge >= 0.3 is 5.97 Å². The van der Waals surface area contributed by atoms with Gasteiger partial charge in [0.2, 0.25) is 5.91 Å². The zero-order valence-electron chi connectivity index (χ0n) is 27.8. The molecule has 2 aliphatic heterocycles. The number of rotatable bonds is 12. The van der Waals surface area contributed by atoms with E-state index in [1.165, 1.54) is 14.0 Å². The van der Waals surface area contributed by atoms with Gasteiger partial charge in [-0.25, -0.2) is 0 Å².